The summed E-state index contributed by atoms with van der Waals surface area (Å²) in [4.78, 5) is 24.5. The number of fused-ring (bicyclic) bond motifs is 7. The highest BCUT2D eigenvalue weighted by Crippen LogP contribution is 2.76. The number of ether oxygens (including phenoxy) is 4. The fraction of sp³-hybridized carbons (Fsp3) is 0.905. The van der Waals surface area contributed by atoms with E-state index >= 15 is 0 Å². The van der Waals surface area contributed by atoms with E-state index in [9.17, 15) is 40.2 Å². The SMILES string of the molecule is CC1(C)CC[C@]2(C(=O)O)CC[C@]3(C)C(=CCC4[C@@]5(C)CC[C@H](C[C@@H]6OC(OC=O)[C@@H](O)C(O[C@@H]7OC[C@@H](O)C(O)[C@@H]7O)[C@@H]6O)C(C)(C)C5CC[C@]43C)C2C1. The van der Waals surface area contributed by atoms with E-state index in [4.69, 9.17) is 18.9 Å². The van der Waals surface area contributed by atoms with Gasteiger partial charge in [-0.3, -0.25) is 9.59 Å². The van der Waals surface area contributed by atoms with Crippen LogP contribution in [-0.4, -0.2) is 105 Å². The first kappa shape index (κ1) is 40.6. The van der Waals surface area contributed by atoms with Gasteiger partial charge in [0.05, 0.1) is 18.1 Å². The van der Waals surface area contributed by atoms with Gasteiger partial charge in [-0.25, -0.2) is 0 Å². The third-order valence-electron chi connectivity index (χ3n) is 17.4. The van der Waals surface area contributed by atoms with Gasteiger partial charge in [0.2, 0.25) is 6.29 Å². The molecule has 54 heavy (non-hydrogen) atoms. The second-order valence-electron chi connectivity index (χ2n) is 20.6. The van der Waals surface area contributed by atoms with Crippen molar-refractivity contribution in [1.82, 2.24) is 0 Å². The molecule has 6 unspecified atom stereocenters. The maximum atomic E-state index is 13.1. The van der Waals surface area contributed by atoms with Gasteiger partial charge < -0.3 is 49.6 Å². The summed E-state index contributed by atoms with van der Waals surface area (Å²) in [6.07, 6.45) is -0.520. The largest absolute Gasteiger partial charge is 0.481 e. The van der Waals surface area contributed by atoms with Crippen molar-refractivity contribution in [2.45, 2.75) is 174 Å². The summed E-state index contributed by atoms with van der Waals surface area (Å²) >= 11 is 0. The molecule has 17 atom stereocenters. The van der Waals surface area contributed by atoms with E-state index in [0.717, 1.165) is 64.2 Å². The molecule has 0 bridgehead atoms. The van der Waals surface area contributed by atoms with E-state index in [1.807, 2.05) is 0 Å². The second kappa shape index (κ2) is 13.7. The highest BCUT2D eigenvalue weighted by molar-refractivity contribution is 5.76. The zero-order valence-corrected chi connectivity index (χ0v) is 33.3. The molecule has 5 aliphatic carbocycles. The van der Waals surface area contributed by atoms with Crippen molar-refractivity contribution in [2.24, 2.45) is 56.2 Å². The normalized spacial score (nSPS) is 52.4. The van der Waals surface area contributed by atoms with E-state index in [1.54, 1.807) is 0 Å². The molecule has 0 aromatic rings. The summed E-state index contributed by atoms with van der Waals surface area (Å²) in [5.41, 5.74) is 0.677. The van der Waals surface area contributed by atoms with Crippen LogP contribution in [0.4, 0.5) is 0 Å². The number of aliphatic hydroxyl groups excluding tert-OH is 5. The lowest BCUT2D eigenvalue weighted by atomic mass is 9.33. The molecule has 0 amide bonds. The average Bonchev–Trinajstić information content (AvgIpc) is 3.09. The molecule has 2 saturated heterocycles. The van der Waals surface area contributed by atoms with Gasteiger partial charge in [-0.15, -0.1) is 0 Å². The third-order valence-corrected chi connectivity index (χ3v) is 17.4. The summed E-state index contributed by atoms with van der Waals surface area (Å²) in [5, 5.41) is 64.1. The molecule has 12 heteroatoms. The smallest absolute Gasteiger partial charge is 0.310 e. The molecule has 0 spiro atoms. The van der Waals surface area contributed by atoms with Gasteiger partial charge in [-0.2, -0.15) is 0 Å². The molecule has 6 fully saturated rings. The quantitative estimate of drug-likeness (QED) is 0.159. The Labute approximate surface area is 320 Å². The van der Waals surface area contributed by atoms with Crippen LogP contribution in [0.1, 0.15) is 119 Å². The minimum atomic E-state index is -1.64. The van der Waals surface area contributed by atoms with E-state index in [0.29, 0.717) is 18.3 Å². The highest BCUT2D eigenvalue weighted by Gasteiger charge is 2.69. The first-order valence-corrected chi connectivity index (χ1v) is 20.5. The number of carbonyl (C=O) groups excluding carboxylic acids is 1. The van der Waals surface area contributed by atoms with Crippen LogP contribution in [0.3, 0.4) is 0 Å². The molecule has 0 aromatic carbocycles. The van der Waals surface area contributed by atoms with Gasteiger partial charge in [0.25, 0.3) is 6.47 Å². The van der Waals surface area contributed by atoms with Crippen LogP contribution >= 0.6 is 0 Å². The van der Waals surface area contributed by atoms with Crippen molar-refractivity contribution >= 4 is 12.4 Å². The molecule has 306 valence electrons. The van der Waals surface area contributed by atoms with E-state index in [2.05, 4.69) is 54.5 Å². The summed E-state index contributed by atoms with van der Waals surface area (Å²) in [7, 11) is 0. The van der Waals surface area contributed by atoms with Crippen molar-refractivity contribution in [3.63, 3.8) is 0 Å². The molecule has 7 aliphatic rings. The number of aliphatic hydroxyl groups is 5. The van der Waals surface area contributed by atoms with Gasteiger partial charge in [0.15, 0.2) is 6.29 Å². The predicted octanol–water partition coefficient (Wildman–Crippen LogP) is 4.32. The Morgan fingerprint density at radius 2 is 1.56 bits per heavy atom. The van der Waals surface area contributed by atoms with Crippen LogP contribution in [0.15, 0.2) is 11.6 Å². The maximum absolute atomic E-state index is 13.1. The average molecular weight is 763 g/mol. The number of carboxylic acid groups (broad SMARTS) is 1. The molecule has 7 rings (SSSR count). The fourth-order valence-corrected chi connectivity index (χ4v) is 13.9. The molecule has 4 saturated carbocycles. The Bertz CT molecular complexity index is 1480. The monoisotopic (exact) mass is 762 g/mol. The van der Waals surface area contributed by atoms with Gasteiger partial charge >= 0.3 is 5.97 Å². The van der Waals surface area contributed by atoms with Crippen LogP contribution in [-0.2, 0) is 28.5 Å². The lowest BCUT2D eigenvalue weighted by molar-refractivity contribution is -0.343. The standard InChI is InChI=1S/C42H66O12/c1-37(2)14-16-42(36(49)50)17-15-40(6)23(24(42)19-37)8-9-28-39(5)12-10-22(38(3,4)27(39)11-13-41(28,40)7)18-26-30(46)33(32(48)35(53-26)52-21-43)54-34-31(47)29(45)25(44)20-51-34/h8,21-22,24-35,44-48H,9-20H2,1-7H3,(H,49,50)/t22-,24?,25-,26+,27?,28?,29?,30-,31+,32+,33?,34+,35?,39+,40-,41-,42+/m1/s1. The van der Waals surface area contributed by atoms with Crippen LogP contribution in [0.5, 0.6) is 0 Å². The predicted molar refractivity (Wildman–Crippen MR) is 195 cm³/mol. The van der Waals surface area contributed by atoms with Gasteiger partial charge in [-0.1, -0.05) is 60.1 Å². The lowest BCUT2D eigenvalue weighted by Gasteiger charge is -2.71. The van der Waals surface area contributed by atoms with Crippen molar-refractivity contribution < 1.29 is 59.2 Å². The summed E-state index contributed by atoms with van der Waals surface area (Å²) < 4.78 is 22.5. The van der Waals surface area contributed by atoms with E-state index in [-0.39, 0.29) is 52.0 Å². The maximum Gasteiger partial charge on any atom is 0.310 e. The lowest BCUT2D eigenvalue weighted by Crippen LogP contribution is -2.65. The molecular formula is C42H66O12. The summed E-state index contributed by atoms with van der Waals surface area (Å²) in [5.74, 6) is 0.363. The van der Waals surface area contributed by atoms with Crippen LogP contribution in [0, 0.1) is 56.2 Å². The highest BCUT2D eigenvalue weighted by atomic mass is 16.7. The third kappa shape index (κ3) is 5.97. The Balaban J connectivity index is 1.12. The minimum absolute atomic E-state index is 0.0235. The topological polar surface area (TPSA) is 192 Å². The first-order chi connectivity index (χ1) is 25.2. The van der Waals surface area contributed by atoms with Crippen LogP contribution in [0.25, 0.3) is 0 Å². The Morgan fingerprint density at radius 3 is 2.24 bits per heavy atom. The molecule has 2 heterocycles. The number of hydrogen-bond acceptors (Lipinski definition) is 11. The molecule has 12 nitrogen and oxygen atoms in total. The van der Waals surface area contributed by atoms with Crippen LogP contribution in [0.2, 0.25) is 0 Å². The second-order valence-corrected chi connectivity index (χ2v) is 20.6. The first-order valence-electron chi connectivity index (χ1n) is 20.5. The van der Waals surface area contributed by atoms with Crippen molar-refractivity contribution in [1.29, 1.82) is 0 Å². The van der Waals surface area contributed by atoms with Crippen molar-refractivity contribution in [3.05, 3.63) is 11.6 Å². The Morgan fingerprint density at radius 1 is 0.852 bits per heavy atom. The zero-order chi connectivity index (χ0) is 39.4. The Kier molecular flexibility index (Phi) is 10.3. The van der Waals surface area contributed by atoms with E-state index < -0.39 is 66.7 Å². The fourth-order valence-electron chi connectivity index (χ4n) is 13.9. The van der Waals surface area contributed by atoms with Gasteiger partial charge in [-0.05, 0) is 121 Å². The van der Waals surface area contributed by atoms with Crippen molar-refractivity contribution in [2.75, 3.05) is 6.61 Å². The molecular weight excluding hydrogens is 696 g/mol. The number of carbonyl (C=O) groups is 2. The number of aliphatic carboxylic acids is 1. The zero-order valence-electron chi connectivity index (χ0n) is 33.3. The van der Waals surface area contributed by atoms with Crippen molar-refractivity contribution in [3.8, 4) is 0 Å². The van der Waals surface area contributed by atoms with Gasteiger partial charge in [0.1, 0.15) is 36.6 Å². The number of hydrogen-bond donors (Lipinski definition) is 6. The van der Waals surface area contributed by atoms with E-state index in [1.165, 1.54) is 5.57 Å². The molecule has 0 aromatic heterocycles. The number of allylic oxidation sites excluding steroid dienone is 2. The minimum Gasteiger partial charge on any atom is -0.481 e. The molecule has 2 aliphatic heterocycles. The molecule has 6 N–H and O–H groups in total. The Hall–Kier alpha value is -1.64. The molecule has 0 radical (unpaired) electrons. The number of rotatable bonds is 7. The summed E-state index contributed by atoms with van der Waals surface area (Å²) in [6, 6.07) is 0. The number of carboxylic acids is 1. The van der Waals surface area contributed by atoms with Gasteiger partial charge in [0, 0.05) is 0 Å². The van der Waals surface area contributed by atoms with Crippen LogP contribution < -0.4 is 0 Å². The summed E-state index contributed by atoms with van der Waals surface area (Å²) in [6.45, 7) is 16.6.